The lowest BCUT2D eigenvalue weighted by Gasteiger charge is -2.33. The summed E-state index contributed by atoms with van der Waals surface area (Å²) < 4.78 is 2.04. The van der Waals surface area contributed by atoms with E-state index < -0.39 is 0 Å². The molecule has 0 bridgehead atoms. The van der Waals surface area contributed by atoms with Gasteiger partial charge < -0.3 is 14.8 Å². The molecule has 2 heterocycles. The van der Waals surface area contributed by atoms with Crippen LogP contribution in [0.5, 0.6) is 0 Å². The Kier molecular flexibility index (Phi) is 4.01. The van der Waals surface area contributed by atoms with Crippen LogP contribution in [0, 0.1) is 0 Å². The van der Waals surface area contributed by atoms with E-state index >= 15 is 0 Å². The number of aryl methyl sites for hydroxylation is 1. The number of piperidine rings is 1. The highest BCUT2D eigenvalue weighted by Gasteiger charge is 2.22. The van der Waals surface area contributed by atoms with E-state index in [1.54, 1.807) is 6.92 Å². The molecule has 1 aliphatic rings. The van der Waals surface area contributed by atoms with Crippen molar-refractivity contribution in [1.82, 2.24) is 19.8 Å². The summed E-state index contributed by atoms with van der Waals surface area (Å²) in [6, 6.07) is 0.728. The fraction of sp³-hybridized carbons (Fsp3) is 0.692. The summed E-state index contributed by atoms with van der Waals surface area (Å²) >= 11 is 0. The van der Waals surface area contributed by atoms with E-state index in [4.69, 9.17) is 0 Å². The van der Waals surface area contributed by atoms with Gasteiger partial charge in [0.05, 0.1) is 6.04 Å². The maximum absolute atomic E-state index is 11.3. The van der Waals surface area contributed by atoms with Crippen LogP contribution >= 0.6 is 0 Å². The third kappa shape index (κ3) is 2.90. The summed E-state index contributed by atoms with van der Waals surface area (Å²) in [5.74, 6) is 1.24. The van der Waals surface area contributed by atoms with Gasteiger partial charge in [0.1, 0.15) is 5.82 Å². The molecule has 5 nitrogen and oxygen atoms in total. The molecular formula is C13H22N4O. The van der Waals surface area contributed by atoms with Crippen LogP contribution in [0.1, 0.15) is 38.6 Å². The summed E-state index contributed by atoms with van der Waals surface area (Å²) in [4.78, 5) is 17.5. The van der Waals surface area contributed by atoms with Gasteiger partial charge in [-0.1, -0.05) is 0 Å². The quantitative estimate of drug-likeness (QED) is 0.873. The molecule has 0 aliphatic carbocycles. The molecule has 0 spiro atoms. The summed E-state index contributed by atoms with van der Waals surface area (Å²) in [5.41, 5.74) is 0. The molecule has 5 heteroatoms. The molecule has 18 heavy (non-hydrogen) atoms. The number of hydrogen-bond acceptors (Lipinski definition) is 3. The van der Waals surface area contributed by atoms with E-state index in [0.29, 0.717) is 6.04 Å². The molecule has 1 fully saturated rings. The molecule has 1 aromatic heterocycles. The van der Waals surface area contributed by atoms with Crippen molar-refractivity contribution in [3.05, 3.63) is 18.2 Å². The lowest BCUT2D eigenvalue weighted by Crippen LogP contribution is -2.45. The van der Waals surface area contributed by atoms with Crippen molar-refractivity contribution in [1.29, 1.82) is 0 Å². The zero-order valence-electron chi connectivity index (χ0n) is 11.4. The smallest absolute Gasteiger partial charge is 0.219 e. The number of rotatable bonds is 3. The number of hydrogen-bond donors (Lipinski definition) is 1. The summed E-state index contributed by atoms with van der Waals surface area (Å²) in [6.07, 6.45) is 5.83. The molecule has 0 aromatic carbocycles. The topological polar surface area (TPSA) is 50.2 Å². The van der Waals surface area contributed by atoms with E-state index in [1.165, 1.54) is 0 Å². The molecule has 1 aromatic rings. The Morgan fingerprint density at radius 3 is 2.67 bits per heavy atom. The molecule has 0 radical (unpaired) electrons. The van der Waals surface area contributed by atoms with Crippen molar-refractivity contribution in [3.8, 4) is 0 Å². The molecule has 0 saturated carbocycles. The van der Waals surface area contributed by atoms with Crippen molar-refractivity contribution in [2.45, 2.75) is 38.8 Å². The van der Waals surface area contributed by atoms with Gasteiger partial charge in [-0.2, -0.15) is 0 Å². The van der Waals surface area contributed by atoms with Gasteiger partial charge >= 0.3 is 0 Å². The van der Waals surface area contributed by atoms with Crippen LogP contribution in [0.3, 0.4) is 0 Å². The average molecular weight is 250 g/mol. The highest BCUT2D eigenvalue weighted by Crippen LogP contribution is 2.16. The Labute approximate surface area is 108 Å². The lowest BCUT2D eigenvalue weighted by molar-refractivity contribution is -0.129. The zero-order chi connectivity index (χ0) is 13.1. The van der Waals surface area contributed by atoms with E-state index in [0.717, 1.165) is 31.8 Å². The maximum Gasteiger partial charge on any atom is 0.219 e. The van der Waals surface area contributed by atoms with Gasteiger partial charge in [-0.15, -0.1) is 0 Å². The molecule has 1 atom stereocenters. The lowest BCUT2D eigenvalue weighted by atomic mass is 10.0. The normalized spacial score (nSPS) is 18.9. The zero-order valence-corrected chi connectivity index (χ0v) is 11.4. The third-order valence-corrected chi connectivity index (χ3v) is 3.67. The number of aromatic nitrogens is 2. The predicted octanol–water partition coefficient (Wildman–Crippen LogP) is 1.08. The van der Waals surface area contributed by atoms with E-state index in [9.17, 15) is 4.79 Å². The summed E-state index contributed by atoms with van der Waals surface area (Å²) in [6.45, 7) is 5.50. The number of nitrogens with zero attached hydrogens (tertiary/aromatic N) is 3. The Morgan fingerprint density at radius 1 is 1.50 bits per heavy atom. The Morgan fingerprint density at radius 2 is 2.17 bits per heavy atom. The number of carbonyl (C=O) groups is 1. The highest BCUT2D eigenvalue weighted by atomic mass is 16.2. The Balaban J connectivity index is 1.85. The number of nitrogens with one attached hydrogen (secondary N) is 1. The average Bonchev–Trinajstić information content (AvgIpc) is 2.76. The van der Waals surface area contributed by atoms with E-state index in [1.807, 2.05) is 28.9 Å². The molecular weight excluding hydrogens is 228 g/mol. The Hall–Kier alpha value is -1.36. The van der Waals surface area contributed by atoms with Crippen molar-refractivity contribution in [3.63, 3.8) is 0 Å². The second kappa shape index (κ2) is 5.52. The van der Waals surface area contributed by atoms with Gasteiger partial charge in [0.25, 0.3) is 0 Å². The van der Waals surface area contributed by atoms with Crippen LogP contribution in [-0.4, -0.2) is 39.5 Å². The monoisotopic (exact) mass is 250 g/mol. The predicted molar refractivity (Wildman–Crippen MR) is 70.0 cm³/mol. The van der Waals surface area contributed by atoms with Crippen molar-refractivity contribution >= 4 is 5.91 Å². The second-order valence-electron chi connectivity index (χ2n) is 5.07. The third-order valence-electron chi connectivity index (χ3n) is 3.67. The minimum Gasteiger partial charge on any atom is -0.343 e. The van der Waals surface area contributed by atoms with Crippen molar-refractivity contribution in [2.75, 3.05) is 13.1 Å². The van der Waals surface area contributed by atoms with Gasteiger partial charge in [-0.05, 0) is 19.8 Å². The van der Waals surface area contributed by atoms with Crippen LogP contribution in [0.25, 0.3) is 0 Å². The largest absolute Gasteiger partial charge is 0.343 e. The molecule has 1 N–H and O–H groups in total. The number of carbonyl (C=O) groups excluding carboxylic acids is 1. The second-order valence-corrected chi connectivity index (χ2v) is 5.07. The number of imidazole rings is 1. The molecule has 100 valence electrons. The molecule has 1 aliphatic heterocycles. The first-order chi connectivity index (χ1) is 8.58. The van der Waals surface area contributed by atoms with Gasteiger partial charge in [-0.3, -0.25) is 4.79 Å². The van der Waals surface area contributed by atoms with Crippen LogP contribution < -0.4 is 5.32 Å². The van der Waals surface area contributed by atoms with Gasteiger partial charge in [0.2, 0.25) is 5.91 Å². The molecule has 1 saturated heterocycles. The van der Waals surface area contributed by atoms with Crippen LogP contribution in [0.2, 0.25) is 0 Å². The fourth-order valence-electron chi connectivity index (χ4n) is 2.58. The first-order valence-corrected chi connectivity index (χ1v) is 6.56. The van der Waals surface area contributed by atoms with E-state index in [-0.39, 0.29) is 11.9 Å². The SMILES string of the molecule is CC(=O)N1CCC(NC(C)c2nccn2C)CC1. The summed E-state index contributed by atoms with van der Waals surface area (Å²) in [5, 5.41) is 3.60. The van der Waals surface area contributed by atoms with E-state index in [2.05, 4.69) is 17.2 Å². The number of likely N-dealkylation sites (tertiary alicyclic amines) is 1. The molecule has 1 unspecified atom stereocenters. The van der Waals surface area contributed by atoms with Crippen LogP contribution in [0.15, 0.2) is 12.4 Å². The van der Waals surface area contributed by atoms with Gasteiger partial charge in [0, 0.05) is 45.5 Å². The first-order valence-electron chi connectivity index (χ1n) is 6.56. The van der Waals surface area contributed by atoms with Gasteiger partial charge in [0.15, 0.2) is 0 Å². The van der Waals surface area contributed by atoms with Crippen molar-refractivity contribution < 1.29 is 4.79 Å². The minimum absolute atomic E-state index is 0.186. The van der Waals surface area contributed by atoms with Crippen molar-refractivity contribution in [2.24, 2.45) is 7.05 Å². The standard InChI is InChI=1S/C13H22N4O/c1-10(13-14-6-9-16(13)3)15-12-4-7-17(8-5-12)11(2)18/h6,9-10,12,15H,4-5,7-8H2,1-3H3. The van der Waals surface area contributed by atoms with Crippen LogP contribution in [0.4, 0.5) is 0 Å². The molecule has 2 rings (SSSR count). The fourth-order valence-corrected chi connectivity index (χ4v) is 2.58. The van der Waals surface area contributed by atoms with Gasteiger partial charge in [-0.25, -0.2) is 4.98 Å². The minimum atomic E-state index is 0.186. The first kappa shape index (κ1) is 13.1. The Bertz CT molecular complexity index is 407. The van der Waals surface area contributed by atoms with Crippen LogP contribution in [-0.2, 0) is 11.8 Å². The highest BCUT2D eigenvalue weighted by molar-refractivity contribution is 5.73. The maximum atomic E-state index is 11.3. The molecule has 1 amide bonds. The number of amides is 1. The summed E-state index contributed by atoms with van der Waals surface area (Å²) in [7, 11) is 2.01.